The van der Waals surface area contributed by atoms with E-state index in [1.54, 1.807) is 19.2 Å². The average Bonchev–Trinajstić information content (AvgIpc) is 3.01. The smallest absolute Gasteiger partial charge is 0.338 e. The molecule has 5 rings (SSSR count). The predicted molar refractivity (Wildman–Crippen MR) is 128 cm³/mol. The Morgan fingerprint density at radius 1 is 1.09 bits per heavy atom. The number of hydrogen-bond donors (Lipinski definition) is 0. The molecule has 1 saturated heterocycles. The molecular formula is C28H27FN2O3. The highest BCUT2D eigenvalue weighted by Gasteiger charge is 2.25. The van der Waals surface area contributed by atoms with Crippen LogP contribution >= 0.6 is 0 Å². The summed E-state index contributed by atoms with van der Waals surface area (Å²) in [5, 5.41) is 0. The Labute approximate surface area is 198 Å². The Morgan fingerprint density at radius 2 is 1.91 bits per heavy atom. The lowest BCUT2D eigenvalue weighted by Gasteiger charge is -2.30. The lowest BCUT2D eigenvalue weighted by Crippen LogP contribution is -2.31. The molecular weight excluding hydrogens is 431 g/mol. The first-order valence-corrected chi connectivity index (χ1v) is 11.7. The van der Waals surface area contributed by atoms with Crippen LogP contribution in [0.5, 0.6) is 5.75 Å². The third kappa shape index (κ3) is 4.59. The molecule has 2 aliphatic rings. The maximum absolute atomic E-state index is 14.0. The highest BCUT2D eigenvalue weighted by atomic mass is 19.1. The Hall–Kier alpha value is -3.51. The SMILES string of the molecule is CCOC(=O)c1ccnc(CN2CCC(=C3c4ccccc4COc4cc(F)ccc43)CC2)c1. The molecule has 0 saturated carbocycles. The van der Waals surface area contributed by atoms with E-state index in [-0.39, 0.29) is 11.8 Å². The van der Waals surface area contributed by atoms with Crippen LogP contribution in [0.15, 0.2) is 66.4 Å². The van der Waals surface area contributed by atoms with Gasteiger partial charge in [0.05, 0.1) is 17.9 Å². The van der Waals surface area contributed by atoms with Crippen LogP contribution in [0.1, 0.15) is 52.5 Å². The first-order valence-electron chi connectivity index (χ1n) is 11.7. The molecule has 0 bridgehead atoms. The number of pyridine rings is 1. The van der Waals surface area contributed by atoms with Crippen LogP contribution in [0.4, 0.5) is 4.39 Å². The minimum atomic E-state index is -0.318. The van der Waals surface area contributed by atoms with Crippen LogP contribution in [-0.4, -0.2) is 35.5 Å². The van der Waals surface area contributed by atoms with Gasteiger partial charge in [-0.1, -0.05) is 29.8 Å². The van der Waals surface area contributed by atoms with Crippen molar-refractivity contribution in [3.05, 3.63) is 100 Å². The molecule has 0 spiro atoms. The standard InChI is InChI=1S/C28H27FN2O3/c1-2-33-28(32)20-9-12-30-23(15-20)17-31-13-10-19(11-14-31)27-24-6-4-3-5-21(24)18-34-26-16-22(29)7-8-25(26)27/h3-9,12,15-16H,2,10-11,13-14,17-18H2,1H3. The van der Waals surface area contributed by atoms with Gasteiger partial charge in [0, 0.05) is 37.5 Å². The molecule has 6 heteroatoms. The van der Waals surface area contributed by atoms with E-state index < -0.39 is 0 Å². The molecule has 0 unspecified atom stereocenters. The van der Waals surface area contributed by atoms with Crippen molar-refractivity contribution in [2.75, 3.05) is 19.7 Å². The van der Waals surface area contributed by atoms with Crippen LogP contribution in [0.25, 0.3) is 5.57 Å². The Balaban J connectivity index is 1.39. The van der Waals surface area contributed by atoms with Crippen molar-refractivity contribution in [2.45, 2.75) is 32.9 Å². The number of aromatic nitrogens is 1. The van der Waals surface area contributed by atoms with Crippen molar-refractivity contribution in [3.63, 3.8) is 0 Å². The van der Waals surface area contributed by atoms with Gasteiger partial charge in [-0.2, -0.15) is 0 Å². The summed E-state index contributed by atoms with van der Waals surface area (Å²) in [6.45, 7) is 5.01. The number of benzene rings is 2. The molecule has 3 heterocycles. The normalized spacial score (nSPS) is 15.7. The monoisotopic (exact) mass is 458 g/mol. The molecule has 1 aromatic heterocycles. The van der Waals surface area contributed by atoms with E-state index in [1.165, 1.54) is 28.8 Å². The van der Waals surface area contributed by atoms with Crippen LogP contribution in [0, 0.1) is 5.82 Å². The molecule has 3 aromatic rings. The summed E-state index contributed by atoms with van der Waals surface area (Å²) >= 11 is 0. The van der Waals surface area contributed by atoms with Crippen LogP contribution in [0.2, 0.25) is 0 Å². The number of halogens is 1. The molecule has 0 amide bonds. The number of nitrogens with zero attached hydrogens (tertiary/aromatic N) is 2. The maximum atomic E-state index is 14.0. The van der Waals surface area contributed by atoms with Gasteiger partial charge in [0.2, 0.25) is 0 Å². The lowest BCUT2D eigenvalue weighted by atomic mass is 9.86. The fourth-order valence-corrected chi connectivity index (χ4v) is 4.76. The molecule has 174 valence electrons. The molecule has 5 nitrogen and oxygen atoms in total. The number of ether oxygens (including phenoxy) is 2. The number of carbonyl (C=O) groups is 1. The van der Waals surface area contributed by atoms with Gasteiger partial charge >= 0.3 is 5.97 Å². The molecule has 1 fully saturated rings. The topological polar surface area (TPSA) is 51.7 Å². The van der Waals surface area contributed by atoms with E-state index in [1.807, 2.05) is 24.3 Å². The van der Waals surface area contributed by atoms with E-state index in [4.69, 9.17) is 9.47 Å². The first-order chi connectivity index (χ1) is 16.6. The zero-order valence-electron chi connectivity index (χ0n) is 19.2. The molecule has 0 aliphatic carbocycles. The summed E-state index contributed by atoms with van der Waals surface area (Å²) in [7, 11) is 0. The van der Waals surface area contributed by atoms with Crippen molar-refractivity contribution < 1.29 is 18.7 Å². The van der Waals surface area contributed by atoms with Gasteiger partial charge in [-0.15, -0.1) is 0 Å². The second-order valence-corrected chi connectivity index (χ2v) is 8.60. The largest absolute Gasteiger partial charge is 0.488 e. The first kappa shape index (κ1) is 22.3. The zero-order valence-corrected chi connectivity index (χ0v) is 19.2. The third-order valence-electron chi connectivity index (χ3n) is 6.41. The van der Waals surface area contributed by atoms with Crippen molar-refractivity contribution in [1.82, 2.24) is 9.88 Å². The Kier molecular flexibility index (Phi) is 6.41. The number of piperidine rings is 1. The fourth-order valence-electron chi connectivity index (χ4n) is 4.76. The average molecular weight is 459 g/mol. The van der Waals surface area contributed by atoms with Gasteiger partial charge in [0.1, 0.15) is 18.2 Å². The number of likely N-dealkylation sites (tertiary alicyclic amines) is 1. The number of carbonyl (C=O) groups excluding carboxylic acids is 1. The van der Waals surface area contributed by atoms with Gasteiger partial charge in [0.25, 0.3) is 0 Å². The van der Waals surface area contributed by atoms with Gasteiger partial charge < -0.3 is 9.47 Å². The number of fused-ring (bicyclic) bond motifs is 2. The number of hydrogen-bond acceptors (Lipinski definition) is 5. The molecule has 0 radical (unpaired) electrons. The maximum Gasteiger partial charge on any atom is 0.338 e. The summed E-state index contributed by atoms with van der Waals surface area (Å²) in [5.74, 6) is -0.0105. The van der Waals surface area contributed by atoms with Crippen LogP contribution in [0.3, 0.4) is 0 Å². The zero-order chi connectivity index (χ0) is 23.5. The molecule has 0 N–H and O–H groups in total. The molecule has 2 aliphatic heterocycles. The van der Waals surface area contributed by atoms with E-state index >= 15 is 0 Å². The van der Waals surface area contributed by atoms with E-state index in [9.17, 15) is 9.18 Å². The van der Waals surface area contributed by atoms with Crippen LogP contribution < -0.4 is 4.74 Å². The number of esters is 1. The quantitative estimate of drug-likeness (QED) is 0.491. The van der Waals surface area contributed by atoms with Crippen molar-refractivity contribution in [1.29, 1.82) is 0 Å². The predicted octanol–water partition coefficient (Wildman–Crippen LogP) is 5.39. The highest BCUT2D eigenvalue weighted by molar-refractivity contribution is 5.89. The van der Waals surface area contributed by atoms with Gasteiger partial charge in [0.15, 0.2) is 0 Å². The van der Waals surface area contributed by atoms with Crippen LogP contribution in [-0.2, 0) is 17.9 Å². The minimum Gasteiger partial charge on any atom is -0.488 e. The number of rotatable bonds is 4. The van der Waals surface area contributed by atoms with E-state index in [0.29, 0.717) is 31.1 Å². The summed E-state index contributed by atoms with van der Waals surface area (Å²) in [5.41, 5.74) is 7.16. The summed E-state index contributed by atoms with van der Waals surface area (Å²) in [4.78, 5) is 18.9. The van der Waals surface area contributed by atoms with Crippen molar-refractivity contribution in [2.24, 2.45) is 0 Å². The Bertz CT molecular complexity index is 1240. The van der Waals surface area contributed by atoms with Gasteiger partial charge in [-0.25, -0.2) is 9.18 Å². The van der Waals surface area contributed by atoms with Crippen molar-refractivity contribution >= 4 is 11.5 Å². The third-order valence-corrected chi connectivity index (χ3v) is 6.41. The van der Waals surface area contributed by atoms with Gasteiger partial charge in [-0.05, 0) is 60.7 Å². The van der Waals surface area contributed by atoms with E-state index in [0.717, 1.165) is 42.8 Å². The lowest BCUT2D eigenvalue weighted by molar-refractivity contribution is 0.0526. The summed E-state index contributed by atoms with van der Waals surface area (Å²) in [6, 6.07) is 16.6. The van der Waals surface area contributed by atoms with E-state index in [2.05, 4.69) is 22.0 Å². The molecule has 34 heavy (non-hydrogen) atoms. The summed E-state index contributed by atoms with van der Waals surface area (Å²) in [6.07, 6.45) is 3.47. The molecule has 0 atom stereocenters. The second-order valence-electron chi connectivity index (χ2n) is 8.60. The fraction of sp³-hybridized carbons (Fsp3) is 0.286. The van der Waals surface area contributed by atoms with Gasteiger partial charge in [-0.3, -0.25) is 9.88 Å². The summed E-state index contributed by atoms with van der Waals surface area (Å²) < 4.78 is 25.1. The van der Waals surface area contributed by atoms with Crippen molar-refractivity contribution in [3.8, 4) is 5.75 Å². The molecule has 2 aromatic carbocycles. The Morgan fingerprint density at radius 3 is 2.74 bits per heavy atom. The second kappa shape index (κ2) is 9.77. The highest BCUT2D eigenvalue weighted by Crippen LogP contribution is 2.41. The minimum absolute atomic E-state index is 0.290.